The van der Waals surface area contributed by atoms with Crippen molar-refractivity contribution in [2.24, 2.45) is 0 Å². The number of carbonyl (C=O) groups excluding carboxylic acids is 1. The van der Waals surface area contributed by atoms with Gasteiger partial charge in [0.25, 0.3) is 5.69 Å². The lowest BCUT2D eigenvalue weighted by Gasteiger charge is -2.36. The Hall–Kier alpha value is -2.94. The van der Waals surface area contributed by atoms with Crippen LogP contribution in [-0.4, -0.2) is 56.6 Å². The van der Waals surface area contributed by atoms with Gasteiger partial charge in [-0.1, -0.05) is 24.3 Å². The number of anilines is 1. The van der Waals surface area contributed by atoms with E-state index in [-0.39, 0.29) is 16.5 Å². The number of rotatable bonds is 5. The number of amides is 1. The summed E-state index contributed by atoms with van der Waals surface area (Å²) in [4.78, 5) is 27.0. The van der Waals surface area contributed by atoms with Crippen molar-refractivity contribution >= 4 is 27.1 Å². The second-order valence-electron chi connectivity index (χ2n) is 7.15. The van der Waals surface area contributed by atoms with E-state index in [0.717, 1.165) is 23.4 Å². The second-order valence-corrected chi connectivity index (χ2v) is 9.17. The minimum Gasteiger partial charge on any atom is -0.362 e. The maximum absolute atomic E-state index is 12.6. The van der Waals surface area contributed by atoms with Crippen LogP contribution >= 0.6 is 0 Å². The Balaban J connectivity index is 1.71. The second kappa shape index (κ2) is 8.20. The molecule has 1 heterocycles. The number of nitro groups is 1. The molecule has 1 fully saturated rings. The minimum atomic E-state index is -3.54. The zero-order valence-corrected chi connectivity index (χ0v) is 17.2. The van der Waals surface area contributed by atoms with Gasteiger partial charge in [0.15, 0.2) is 9.84 Å². The van der Waals surface area contributed by atoms with Crippen LogP contribution in [0.3, 0.4) is 0 Å². The maximum Gasteiger partial charge on any atom is 0.293 e. The van der Waals surface area contributed by atoms with Crippen LogP contribution in [0.2, 0.25) is 0 Å². The quantitative estimate of drug-likeness (QED) is 0.546. The van der Waals surface area contributed by atoms with Crippen LogP contribution in [0.25, 0.3) is 0 Å². The molecule has 154 valence electrons. The zero-order valence-electron chi connectivity index (χ0n) is 16.4. The first-order valence-corrected chi connectivity index (χ1v) is 11.1. The number of carbonyl (C=O) groups is 1. The number of piperazine rings is 1. The van der Waals surface area contributed by atoms with Crippen molar-refractivity contribution in [1.29, 1.82) is 0 Å². The van der Waals surface area contributed by atoms with E-state index in [1.807, 2.05) is 36.1 Å². The lowest BCUT2D eigenvalue weighted by atomic mass is 10.1. The Labute approximate surface area is 169 Å². The third kappa shape index (κ3) is 4.73. The fourth-order valence-electron chi connectivity index (χ4n) is 3.43. The molecule has 1 saturated heterocycles. The topological polar surface area (TPSA) is 101 Å². The number of nitro benzene ring substituents is 1. The number of sulfone groups is 1. The first-order valence-electron chi connectivity index (χ1n) is 9.22. The summed E-state index contributed by atoms with van der Waals surface area (Å²) in [6.07, 6.45) is 1.35. The number of nitrogens with zero attached hydrogens (tertiary/aromatic N) is 3. The normalized spacial score (nSPS) is 14.7. The standard InChI is InChI=1S/C20H23N3O5S/c1-15-5-3-4-6-16(15)13-20(24)22-11-9-21(10-12-22)18-8-7-17(29(2,27)28)14-19(18)23(25)26/h3-8,14H,9-13H2,1-2H3. The number of aryl methyl sites for hydroxylation is 1. The molecule has 1 amide bonds. The van der Waals surface area contributed by atoms with Crippen LogP contribution in [-0.2, 0) is 21.1 Å². The van der Waals surface area contributed by atoms with Crippen molar-refractivity contribution in [1.82, 2.24) is 4.90 Å². The molecular formula is C20H23N3O5S. The van der Waals surface area contributed by atoms with Gasteiger partial charge in [-0.3, -0.25) is 14.9 Å². The molecule has 3 rings (SSSR count). The molecule has 1 aliphatic heterocycles. The molecule has 0 radical (unpaired) electrons. The third-order valence-corrected chi connectivity index (χ3v) is 6.26. The van der Waals surface area contributed by atoms with Gasteiger partial charge in [0.05, 0.1) is 16.2 Å². The third-order valence-electron chi connectivity index (χ3n) is 5.15. The summed E-state index contributed by atoms with van der Waals surface area (Å²) in [5.41, 5.74) is 2.19. The van der Waals surface area contributed by atoms with E-state index >= 15 is 0 Å². The Morgan fingerprint density at radius 3 is 2.34 bits per heavy atom. The molecule has 2 aromatic carbocycles. The van der Waals surface area contributed by atoms with Gasteiger partial charge < -0.3 is 9.80 Å². The molecular weight excluding hydrogens is 394 g/mol. The highest BCUT2D eigenvalue weighted by atomic mass is 32.2. The highest BCUT2D eigenvalue weighted by Gasteiger charge is 2.27. The predicted octanol–water partition coefficient (Wildman–Crippen LogP) is 2.20. The van der Waals surface area contributed by atoms with Crippen LogP contribution in [0.1, 0.15) is 11.1 Å². The van der Waals surface area contributed by atoms with Gasteiger partial charge in [-0.15, -0.1) is 0 Å². The van der Waals surface area contributed by atoms with Gasteiger partial charge in [0.2, 0.25) is 5.91 Å². The minimum absolute atomic E-state index is 0.0286. The Morgan fingerprint density at radius 2 is 1.76 bits per heavy atom. The predicted molar refractivity (Wildman–Crippen MR) is 110 cm³/mol. The van der Waals surface area contributed by atoms with Crippen LogP contribution in [0.5, 0.6) is 0 Å². The molecule has 0 unspecified atom stereocenters. The number of hydrogen-bond donors (Lipinski definition) is 0. The Kier molecular flexibility index (Phi) is 5.88. The SMILES string of the molecule is Cc1ccccc1CC(=O)N1CCN(c2ccc(S(C)(=O)=O)cc2[N+](=O)[O-])CC1. The van der Waals surface area contributed by atoms with Gasteiger partial charge in [-0.2, -0.15) is 0 Å². The molecule has 0 spiro atoms. The summed E-state index contributed by atoms with van der Waals surface area (Å²) in [7, 11) is -3.54. The van der Waals surface area contributed by atoms with Crippen molar-refractivity contribution < 1.29 is 18.1 Å². The van der Waals surface area contributed by atoms with Crippen molar-refractivity contribution in [3.8, 4) is 0 Å². The Morgan fingerprint density at radius 1 is 1.10 bits per heavy atom. The lowest BCUT2D eigenvalue weighted by Crippen LogP contribution is -2.49. The number of hydrogen-bond acceptors (Lipinski definition) is 6. The molecule has 0 N–H and O–H groups in total. The van der Waals surface area contributed by atoms with Gasteiger partial charge >= 0.3 is 0 Å². The van der Waals surface area contributed by atoms with Gasteiger partial charge in [-0.25, -0.2) is 8.42 Å². The van der Waals surface area contributed by atoms with E-state index in [0.29, 0.717) is 38.3 Å². The molecule has 29 heavy (non-hydrogen) atoms. The smallest absolute Gasteiger partial charge is 0.293 e. The summed E-state index contributed by atoms with van der Waals surface area (Å²) in [6.45, 7) is 3.77. The van der Waals surface area contributed by atoms with Crippen LogP contribution < -0.4 is 4.90 Å². The molecule has 0 aromatic heterocycles. The molecule has 0 aliphatic carbocycles. The van der Waals surface area contributed by atoms with Crippen LogP contribution in [0, 0.1) is 17.0 Å². The molecule has 8 nitrogen and oxygen atoms in total. The summed E-state index contributed by atoms with van der Waals surface area (Å²) < 4.78 is 23.4. The average molecular weight is 417 g/mol. The molecule has 9 heteroatoms. The fraction of sp³-hybridized carbons (Fsp3) is 0.350. The van der Waals surface area contributed by atoms with Crippen LogP contribution in [0.15, 0.2) is 47.4 Å². The van der Waals surface area contributed by atoms with Gasteiger partial charge in [0.1, 0.15) is 5.69 Å². The molecule has 0 atom stereocenters. The molecule has 2 aromatic rings. The highest BCUT2D eigenvalue weighted by Crippen LogP contribution is 2.31. The highest BCUT2D eigenvalue weighted by molar-refractivity contribution is 7.90. The van der Waals surface area contributed by atoms with Crippen molar-refractivity contribution in [2.75, 3.05) is 37.3 Å². The van der Waals surface area contributed by atoms with E-state index in [9.17, 15) is 23.3 Å². The summed E-state index contributed by atoms with van der Waals surface area (Å²) in [6, 6.07) is 11.7. The van der Waals surface area contributed by atoms with E-state index < -0.39 is 14.8 Å². The van der Waals surface area contributed by atoms with E-state index in [1.54, 1.807) is 4.90 Å². The molecule has 0 bridgehead atoms. The molecule has 0 saturated carbocycles. The fourth-order valence-corrected chi connectivity index (χ4v) is 4.07. The largest absolute Gasteiger partial charge is 0.362 e. The number of benzene rings is 2. The van der Waals surface area contributed by atoms with E-state index in [1.165, 1.54) is 12.1 Å². The Bertz CT molecular complexity index is 1040. The summed E-state index contributed by atoms with van der Waals surface area (Å²) in [5.74, 6) is 0.0286. The van der Waals surface area contributed by atoms with Crippen LogP contribution in [0.4, 0.5) is 11.4 Å². The maximum atomic E-state index is 12.6. The van der Waals surface area contributed by atoms with Crippen molar-refractivity contribution in [3.05, 3.63) is 63.7 Å². The van der Waals surface area contributed by atoms with Crippen molar-refractivity contribution in [2.45, 2.75) is 18.2 Å². The van der Waals surface area contributed by atoms with Gasteiger partial charge in [0, 0.05) is 38.5 Å². The van der Waals surface area contributed by atoms with E-state index in [4.69, 9.17) is 0 Å². The summed E-state index contributed by atoms with van der Waals surface area (Å²) >= 11 is 0. The van der Waals surface area contributed by atoms with E-state index in [2.05, 4.69) is 0 Å². The molecule has 1 aliphatic rings. The van der Waals surface area contributed by atoms with Gasteiger partial charge in [-0.05, 0) is 30.2 Å². The zero-order chi connectivity index (χ0) is 21.2. The monoisotopic (exact) mass is 417 g/mol. The first kappa shape index (κ1) is 20.8. The lowest BCUT2D eigenvalue weighted by molar-refractivity contribution is -0.384. The average Bonchev–Trinajstić information content (AvgIpc) is 2.68. The summed E-state index contributed by atoms with van der Waals surface area (Å²) in [5, 5.41) is 11.5. The first-order chi connectivity index (χ1) is 13.7. The van der Waals surface area contributed by atoms with Crippen molar-refractivity contribution in [3.63, 3.8) is 0 Å².